The molecule has 3 nitrogen and oxygen atoms in total. The van der Waals surface area contributed by atoms with E-state index in [1.54, 1.807) is 7.05 Å². The van der Waals surface area contributed by atoms with Gasteiger partial charge >= 0.3 is 0 Å². The number of aliphatic imine (C=N–C) groups is 1. The summed E-state index contributed by atoms with van der Waals surface area (Å²) >= 11 is 0. The van der Waals surface area contributed by atoms with Gasteiger partial charge in [-0.2, -0.15) is 5.10 Å². The second-order valence-corrected chi connectivity index (χ2v) is 2.24. The zero-order valence-corrected chi connectivity index (χ0v) is 7.38. The molecule has 0 rings (SSSR count). The van der Waals surface area contributed by atoms with Crippen molar-refractivity contribution in [2.45, 2.75) is 26.2 Å². The molecule has 0 aliphatic carbocycles. The largest absolute Gasteiger partial charge is 0.310 e. The Bertz CT molecular complexity index is 119. The van der Waals surface area contributed by atoms with Crippen molar-refractivity contribution in [2.24, 2.45) is 10.1 Å². The van der Waals surface area contributed by atoms with E-state index >= 15 is 0 Å². The third-order valence-corrected chi connectivity index (χ3v) is 1.17. The van der Waals surface area contributed by atoms with Crippen molar-refractivity contribution in [3.63, 3.8) is 0 Å². The van der Waals surface area contributed by atoms with Gasteiger partial charge < -0.3 is 10.4 Å². The molecule has 0 aliphatic rings. The topological polar surface area (TPSA) is 36.8 Å². The fourth-order valence-electron chi connectivity index (χ4n) is 0.581. The third-order valence-electron chi connectivity index (χ3n) is 1.17. The second kappa shape index (κ2) is 9.14. The molecule has 0 atom stereocenters. The van der Waals surface area contributed by atoms with Crippen molar-refractivity contribution >= 4 is 12.4 Å². The minimum atomic E-state index is 0.873. The summed E-state index contributed by atoms with van der Waals surface area (Å²) in [6.45, 7) is 3.01. The standard InChI is InChI=1S/C8H17N3/c1-3-4-7-10-11-8-5-6-9-2/h6-7,11H,3-5,8H2,1-2H3/b9-6+,10-7+. The van der Waals surface area contributed by atoms with Crippen LogP contribution in [-0.4, -0.2) is 26.0 Å². The molecule has 0 aliphatic heterocycles. The van der Waals surface area contributed by atoms with E-state index < -0.39 is 0 Å². The van der Waals surface area contributed by atoms with Crippen LogP contribution in [-0.2, 0) is 0 Å². The molecule has 11 heavy (non-hydrogen) atoms. The highest BCUT2D eigenvalue weighted by Crippen LogP contribution is 1.79. The molecule has 0 amide bonds. The number of nitrogens with zero attached hydrogens (tertiary/aromatic N) is 2. The van der Waals surface area contributed by atoms with Crippen molar-refractivity contribution in [1.29, 1.82) is 0 Å². The van der Waals surface area contributed by atoms with E-state index in [2.05, 4.69) is 22.4 Å². The number of hydrogen-bond donors (Lipinski definition) is 1. The van der Waals surface area contributed by atoms with E-state index in [9.17, 15) is 0 Å². The maximum atomic E-state index is 4.00. The molecular formula is C8H17N3. The van der Waals surface area contributed by atoms with E-state index in [1.807, 2.05) is 12.4 Å². The molecule has 0 saturated carbocycles. The Kier molecular flexibility index (Phi) is 8.43. The van der Waals surface area contributed by atoms with Gasteiger partial charge in [-0.25, -0.2) is 0 Å². The molecule has 0 aromatic carbocycles. The van der Waals surface area contributed by atoms with Gasteiger partial charge in [-0.1, -0.05) is 13.3 Å². The molecule has 0 fully saturated rings. The van der Waals surface area contributed by atoms with Gasteiger partial charge in [0, 0.05) is 32.4 Å². The molecule has 0 heterocycles. The molecule has 1 N–H and O–H groups in total. The summed E-state index contributed by atoms with van der Waals surface area (Å²) in [5.41, 5.74) is 2.93. The van der Waals surface area contributed by atoms with Crippen molar-refractivity contribution < 1.29 is 0 Å². The Labute approximate surface area is 68.6 Å². The van der Waals surface area contributed by atoms with Gasteiger partial charge in [-0.3, -0.25) is 0 Å². The summed E-state index contributed by atoms with van der Waals surface area (Å²) in [6.07, 6.45) is 6.93. The van der Waals surface area contributed by atoms with E-state index in [-0.39, 0.29) is 0 Å². The third kappa shape index (κ3) is 9.14. The Morgan fingerprint density at radius 1 is 1.27 bits per heavy atom. The van der Waals surface area contributed by atoms with Crippen molar-refractivity contribution in [3.05, 3.63) is 0 Å². The maximum Gasteiger partial charge on any atom is 0.0378 e. The predicted molar refractivity (Wildman–Crippen MR) is 50.4 cm³/mol. The number of hydrazone groups is 1. The summed E-state index contributed by atoms with van der Waals surface area (Å²) in [4.78, 5) is 3.85. The van der Waals surface area contributed by atoms with Gasteiger partial charge in [0.15, 0.2) is 0 Å². The first kappa shape index (κ1) is 10.1. The smallest absolute Gasteiger partial charge is 0.0378 e. The van der Waals surface area contributed by atoms with Crippen LogP contribution in [0.15, 0.2) is 10.1 Å². The van der Waals surface area contributed by atoms with Gasteiger partial charge in [0.25, 0.3) is 0 Å². The average molecular weight is 155 g/mol. The van der Waals surface area contributed by atoms with Crippen LogP contribution < -0.4 is 5.43 Å². The Balaban J connectivity index is 3.00. The van der Waals surface area contributed by atoms with Crippen molar-refractivity contribution in [3.8, 4) is 0 Å². The van der Waals surface area contributed by atoms with Gasteiger partial charge in [-0.15, -0.1) is 0 Å². The molecule has 0 bridgehead atoms. The lowest BCUT2D eigenvalue weighted by Crippen LogP contribution is -2.07. The van der Waals surface area contributed by atoms with Crippen LogP contribution in [0.25, 0.3) is 0 Å². The molecule has 0 aromatic rings. The van der Waals surface area contributed by atoms with E-state index in [4.69, 9.17) is 0 Å². The Morgan fingerprint density at radius 3 is 2.73 bits per heavy atom. The van der Waals surface area contributed by atoms with Crippen LogP contribution in [0.2, 0.25) is 0 Å². The second-order valence-electron chi connectivity index (χ2n) is 2.24. The quantitative estimate of drug-likeness (QED) is 0.352. The van der Waals surface area contributed by atoms with Crippen LogP contribution in [0.5, 0.6) is 0 Å². The van der Waals surface area contributed by atoms with Crippen LogP contribution in [0.3, 0.4) is 0 Å². The number of nitrogens with one attached hydrogen (secondary N) is 1. The summed E-state index contributed by atoms with van der Waals surface area (Å²) in [6, 6.07) is 0. The minimum Gasteiger partial charge on any atom is -0.310 e. The molecular weight excluding hydrogens is 138 g/mol. The van der Waals surface area contributed by atoms with E-state index in [1.165, 1.54) is 0 Å². The van der Waals surface area contributed by atoms with Crippen molar-refractivity contribution in [2.75, 3.05) is 13.6 Å². The first-order valence-corrected chi connectivity index (χ1v) is 4.06. The van der Waals surface area contributed by atoms with Crippen LogP contribution in [0.1, 0.15) is 26.2 Å². The van der Waals surface area contributed by atoms with Gasteiger partial charge in [0.05, 0.1) is 0 Å². The molecule has 0 unspecified atom stereocenters. The molecule has 64 valence electrons. The van der Waals surface area contributed by atoms with Crippen LogP contribution in [0.4, 0.5) is 0 Å². The molecule has 3 heteroatoms. The fourth-order valence-corrected chi connectivity index (χ4v) is 0.581. The minimum absolute atomic E-state index is 0.873. The first-order valence-electron chi connectivity index (χ1n) is 4.06. The molecule has 0 aromatic heterocycles. The van der Waals surface area contributed by atoms with Gasteiger partial charge in [0.1, 0.15) is 0 Å². The van der Waals surface area contributed by atoms with Crippen LogP contribution >= 0.6 is 0 Å². The summed E-state index contributed by atoms with van der Waals surface area (Å²) in [5, 5.41) is 4.00. The van der Waals surface area contributed by atoms with Crippen LogP contribution in [0, 0.1) is 0 Å². The average Bonchev–Trinajstić information content (AvgIpc) is 2.03. The zero-order chi connectivity index (χ0) is 8.36. The zero-order valence-electron chi connectivity index (χ0n) is 7.38. The lowest BCUT2D eigenvalue weighted by Gasteiger charge is -1.93. The van der Waals surface area contributed by atoms with Crippen molar-refractivity contribution in [1.82, 2.24) is 5.43 Å². The van der Waals surface area contributed by atoms with E-state index in [0.717, 1.165) is 25.8 Å². The van der Waals surface area contributed by atoms with E-state index in [0.29, 0.717) is 0 Å². The fraction of sp³-hybridized carbons (Fsp3) is 0.750. The highest BCUT2D eigenvalue weighted by Gasteiger charge is 1.77. The highest BCUT2D eigenvalue weighted by atomic mass is 15.3. The number of rotatable bonds is 6. The summed E-state index contributed by atoms with van der Waals surface area (Å²) in [7, 11) is 1.78. The number of hydrogen-bond acceptors (Lipinski definition) is 3. The van der Waals surface area contributed by atoms with Gasteiger partial charge in [-0.05, 0) is 6.42 Å². The predicted octanol–water partition coefficient (Wildman–Crippen LogP) is 1.45. The lowest BCUT2D eigenvalue weighted by molar-refractivity contribution is 0.757. The highest BCUT2D eigenvalue weighted by molar-refractivity contribution is 5.57. The summed E-state index contributed by atoms with van der Waals surface area (Å²) in [5.74, 6) is 0. The lowest BCUT2D eigenvalue weighted by atomic mass is 10.4. The monoisotopic (exact) mass is 155 g/mol. The number of unbranched alkanes of at least 4 members (excludes halogenated alkanes) is 1. The molecule has 0 spiro atoms. The first-order chi connectivity index (χ1) is 5.41. The molecule has 0 saturated heterocycles. The Hall–Kier alpha value is -0.860. The molecule has 0 radical (unpaired) electrons. The summed E-state index contributed by atoms with van der Waals surface area (Å²) < 4.78 is 0. The maximum absolute atomic E-state index is 4.00. The van der Waals surface area contributed by atoms with Gasteiger partial charge in [0.2, 0.25) is 0 Å². The Morgan fingerprint density at radius 2 is 2.09 bits per heavy atom. The SMILES string of the molecule is CCC/C=N/NCC/C=N/C. The normalized spacial score (nSPS) is 11.5.